The Hall–Kier alpha value is -1.39. The third-order valence-electron chi connectivity index (χ3n) is 4.75. The number of aryl methyl sites for hydroxylation is 1. The molecule has 0 aliphatic rings. The molecule has 0 bridgehead atoms. The van der Waals surface area contributed by atoms with Gasteiger partial charge in [0.15, 0.2) is 8.32 Å². The van der Waals surface area contributed by atoms with E-state index in [-0.39, 0.29) is 23.0 Å². The highest BCUT2D eigenvalue weighted by molar-refractivity contribution is 7.89. The Labute approximate surface area is 160 Å². The summed E-state index contributed by atoms with van der Waals surface area (Å²) in [5, 5.41) is 0.144. The summed E-state index contributed by atoms with van der Waals surface area (Å²) in [7, 11) is -5.42. The number of hydrogen-bond acceptors (Lipinski definition) is 3. The lowest BCUT2D eigenvalue weighted by Crippen LogP contribution is -2.40. The standard InChI is InChI=1S/C20H31NO3SSi/c1-8-15-21(25(22,23)19-13-11-18(2)12-14-19)16-9-10-17-24-26(6,7)20(3,4)5/h1,9-14H,15-17H2,2-7H3/b10-9+. The Kier molecular flexibility index (Phi) is 7.84. The third-order valence-corrected chi connectivity index (χ3v) is 11.1. The minimum Gasteiger partial charge on any atom is -0.413 e. The van der Waals surface area contributed by atoms with Gasteiger partial charge in [-0.15, -0.1) is 6.42 Å². The molecule has 6 heteroatoms. The Balaban J connectivity index is 2.77. The Morgan fingerprint density at radius 1 is 1.19 bits per heavy atom. The third kappa shape index (κ3) is 6.10. The van der Waals surface area contributed by atoms with Crippen molar-refractivity contribution in [3.8, 4) is 12.3 Å². The van der Waals surface area contributed by atoms with Gasteiger partial charge in [-0.2, -0.15) is 4.31 Å². The van der Waals surface area contributed by atoms with Crippen molar-refractivity contribution in [1.29, 1.82) is 0 Å². The summed E-state index contributed by atoms with van der Waals surface area (Å²) in [6.07, 6.45) is 9.04. The van der Waals surface area contributed by atoms with Crippen molar-refractivity contribution in [3.05, 3.63) is 42.0 Å². The minimum absolute atomic E-state index is 0.0314. The zero-order valence-electron chi connectivity index (χ0n) is 16.7. The lowest BCUT2D eigenvalue weighted by molar-refractivity contribution is 0.327. The predicted octanol–water partition coefficient (Wildman–Crippen LogP) is 4.20. The predicted molar refractivity (Wildman–Crippen MR) is 111 cm³/mol. The molecule has 0 unspecified atom stereocenters. The summed E-state index contributed by atoms with van der Waals surface area (Å²) in [5.74, 6) is 2.43. The lowest BCUT2D eigenvalue weighted by Gasteiger charge is -2.35. The van der Waals surface area contributed by atoms with Crippen LogP contribution < -0.4 is 0 Å². The highest BCUT2D eigenvalue weighted by Crippen LogP contribution is 2.36. The molecule has 0 aromatic heterocycles. The summed E-state index contributed by atoms with van der Waals surface area (Å²) in [6.45, 7) is 13.6. The first-order valence-electron chi connectivity index (χ1n) is 8.71. The summed E-state index contributed by atoms with van der Waals surface area (Å²) >= 11 is 0. The molecule has 0 saturated heterocycles. The quantitative estimate of drug-likeness (QED) is 0.378. The molecular formula is C20H31NO3SSi. The Bertz CT molecular complexity index is 754. The fraction of sp³-hybridized carbons (Fsp3) is 0.500. The van der Waals surface area contributed by atoms with Crippen molar-refractivity contribution in [2.24, 2.45) is 0 Å². The number of benzene rings is 1. The van der Waals surface area contributed by atoms with Crippen LogP contribution in [0.2, 0.25) is 18.1 Å². The van der Waals surface area contributed by atoms with Crippen molar-refractivity contribution in [3.63, 3.8) is 0 Å². The van der Waals surface area contributed by atoms with Crippen LogP contribution in [0.1, 0.15) is 26.3 Å². The highest BCUT2D eigenvalue weighted by Gasteiger charge is 2.36. The van der Waals surface area contributed by atoms with Crippen LogP contribution in [0.5, 0.6) is 0 Å². The summed E-state index contributed by atoms with van der Waals surface area (Å²) in [4.78, 5) is 0.254. The van der Waals surface area contributed by atoms with Gasteiger partial charge in [0.2, 0.25) is 10.0 Å². The molecule has 0 amide bonds. The summed E-state index contributed by atoms with van der Waals surface area (Å²) < 4.78 is 32.9. The molecule has 4 nitrogen and oxygen atoms in total. The van der Waals surface area contributed by atoms with Crippen LogP contribution in [-0.2, 0) is 14.4 Å². The molecule has 0 fully saturated rings. The molecule has 1 aromatic carbocycles. The van der Waals surface area contributed by atoms with Gasteiger partial charge in [0.1, 0.15) is 0 Å². The van der Waals surface area contributed by atoms with Crippen LogP contribution in [0.4, 0.5) is 0 Å². The average molecular weight is 394 g/mol. The molecule has 1 aromatic rings. The van der Waals surface area contributed by atoms with Crippen LogP contribution in [0.3, 0.4) is 0 Å². The van der Waals surface area contributed by atoms with E-state index in [1.54, 1.807) is 30.3 Å². The van der Waals surface area contributed by atoms with Gasteiger partial charge in [-0.05, 0) is 37.2 Å². The monoisotopic (exact) mass is 393 g/mol. The van der Waals surface area contributed by atoms with Gasteiger partial charge in [0.05, 0.1) is 18.0 Å². The normalized spacial score (nSPS) is 13.3. The lowest BCUT2D eigenvalue weighted by atomic mass is 10.2. The van der Waals surface area contributed by atoms with Crippen LogP contribution in [0.15, 0.2) is 41.3 Å². The molecule has 144 valence electrons. The summed E-state index contributed by atoms with van der Waals surface area (Å²) in [5.41, 5.74) is 1.01. The first-order chi connectivity index (χ1) is 11.9. The highest BCUT2D eigenvalue weighted by atomic mass is 32.2. The fourth-order valence-electron chi connectivity index (χ4n) is 1.94. The van der Waals surface area contributed by atoms with E-state index in [1.807, 2.05) is 13.0 Å². The summed E-state index contributed by atoms with van der Waals surface area (Å²) in [6, 6.07) is 6.78. The number of nitrogens with zero attached hydrogens (tertiary/aromatic N) is 1. The van der Waals surface area contributed by atoms with Gasteiger partial charge in [0.25, 0.3) is 0 Å². The molecule has 0 aliphatic heterocycles. The maximum Gasteiger partial charge on any atom is 0.244 e. The van der Waals surface area contributed by atoms with E-state index in [9.17, 15) is 8.42 Å². The number of rotatable bonds is 8. The molecular weight excluding hydrogens is 362 g/mol. The minimum atomic E-state index is -3.61. The smallest absolute Gasteiger partial charge is 0.244 e. The van der Waals surface area contributed by atoms with E-state index in [2.05, 4.69) is 39.8 Å². The molecule has 0 heterocycles. The second-order valence-electron chi connectivity index (χ2n) is 7.86. The van der Waals surface area contributed by atoms with Crippen molar-refractivity contribution in [2.45, 2.75) is 50.7 Å². The van der Waals surface area contributed by atoms with Crippen molar-refractivity contribution >= 4 is 18.3 Å². The molecule has 1 rings (SSSR count). The van der Waals surface area contributed by atoms with Crippen molar-refractivity contribution < 1.29 is 12.8 Å². The first-order valence-corrected chi connectivity index (χ1v) is 13.1. The molecule has 0 aliphatic carbocycles. The molecule has 0 atom stereocenters. The average Bonchev–Trinajstić information content (AvgIpc) is 2.52. The van der Waals surface area contributed by atoms with Gasteiger partial charge >= 0.3 is 0 Å². The molecule has 26 heavy (non-hydrogen) atoms. The van der Waals surface area contributed by atoms with Crippen molar-refractivity contribution in [1.82, 2.24) is 4.31 Å². The molecule has 0 N–H and O–H groups in total. The SMILES string of the molecule is C#CCN(C/C=C/CO[Si](C)(C)C(C)(C)C)S(=O)(=O)c1ccc(C)cc1. The maximum absolute atomic E-state index is 12.8. The second kappa shape index (κ2) is 9.00. The van der Waals surface area contributed by atoms with E-state index in [0.717, 1.165) is 5.56 Å². The van der Waals surface area contributed by atoms with Gasteiger partial charge in [-0.3, -0.25) is 0 Å². The van der Waals surface area contributed by atoms with Gasteiger partial charge in [-0.25, -0.2) is 8.42 Å². The van der Waals surface area contributed by atoms with E-state index in [0.29, 0.717) is 6.61 Å². The van der Waals surface area contributed by atoms with Gasteiger partial charge in [0, 0.05) is 6.54 Å². The maximum atomic E-state index is 12.8. The van der Waals surface area contributed by atoms with Gasteiger partial charge < -0.3 is 4.43 Å². The molecule has 0 radical (unpaired) electrons. The van der Waals surface area contributed by atoms with Crippen molar-refractivity contribution in [2.75, 3.05) is 19.7 Å². The van der Waals surface area contributed by atoms with Crippen LogP contribution in [0.25, 0.3) is 0 Å². The van der Waals surface area contributed by atoms with Crippen LogP contribution in [-0.4, -0.2) is 40.7 Å². The van der Waals surface area contributed by atoms with E-state index in [4.69, 9.17) is 10.8 Å². The van der Waals surface area contributed by atoms with Crippen LogP contribution in [0, 0.1) is 19.3 Å². The Morgan fingerprint density at radius 3 is 2.27 bits per heavy atom. The largest absolute Gasteiger partial charge is 0.413 e. The Morgan fingerprint density at radius 2 is 1.77 bits per heavy atom. The topological polar surface area (TPSA) is 46.6 Å². The number of terminal acetylenes is 1. The van der Waals surface area contributed by atoms with E-state index >= 15 is 0 Å². The number of sulfonamides is 1. The number of hydrogen-bond donors (Lipinski definition) is 0. The van der Waals surface area contributed by atoms with Crippen LogP contribution >= 0.6 is 0 Å². The molecule has 0 saturated carbocycles. The second-order valence-corrected chi connectivity index (χ2v) is 14.6. The van der Waals surface area contributed by atoms with E-state index in [1.165, 1.54) is 4.31 Å². The first kappa shape index (κ1) is 22.6. The molecule has 0 spiro atoms. The van der Waals surface area contributed by atoms with Gasteiger partial charge in [-0.1, -0.05) is 56.5 Å². The van der Waals surface area contributed by atoms with E-state index < -0.39 is 18.3 Å². The fourth-order valence-corrected chi connectivity index (χ4v) is 4.19. The zero-order valence-corrected chi connectivity index (χ0v) is 18.6. The zero-order chi connectivity index (χ0) is 20.0.